The molecule has 35 heavy (non-hydrogen) atoms. The zero-order valence-corrected chi connectivity index (χ0v) is 20.1. The van der Waals surface area contributed by atoms with E-state index in [9.17, 15) is 14.4 Å². The molecule has 3 aromatic rings. The van der Waals surface area contributed by atoms with E-state index in [0.717, 1.165) is 32.1 Å². The van der Waals surface area contributed by atoms with Crippen molar-refractivity contribution in [2.45, 2.75) is 57.8 Å². The molecule has 2 amide bonds. The van der Waals surface area contributed by atoms with Crippen molar-refractivity contribution >= 4 is 22.6 Å². The van der Waals surface area contributed by atoms with Gasteiger partial charge < -0.3 is 0 Å². The highest BCUT2D eigenvalue weighted by Crippen LogP contribution is 2.65. The molecule has 1 heterocycles. The lowest BCUT2D eigenvalue weighted by Crippen LogP contribution is -2.61. The van der Waals surface area contributed by atoms with E-state index in [-0.39, 0.29) is 22.6 Å². The van der Waals surface area contributed by atoms with Crippen molar-refractivity contribution in [1.29, 1.82) is 0 Å². The Morgan fingerprint density at radius 1 is 0.943 bits per heavy atom. The van der Waals surface area contributed by atoms with Gasteiger partial charge in [-0.05, 0) is 92.4 Å². The number of benzene rings is 2. The number of H-pyrrole nitrogens is 1. The Kier molecular flexibility index (Phi) is 4.88. The number of carbonyl (C=O) groups is 2. The van der Waals surface area contributed by atoms with Gasteiger partial charge in [0.15, 0.2) is 5.69 Å². The van der Waals surface area contributed by atoms with Crippen molar-refractivity contribution in [2.24, 2.45) is 17.3 Å². The second kappa shape index (κ2) is 7.77. The smallest absolute Gasteiger partial charge is 0.273 e. The SMILES string of the molecule is Cc1ccc(C23CC4CC(CC(C(=O)NNC(=O)c5n[nH]c(=O)c6ccccc56)(C4)C2)C3)cc1C. The summed E-state index contributed by atoms with van der Waals surface area (Å²) in [7, 11) is 0. The van der Waals surface area contributed by atoms with Crippen molar-refractivity contribution in [3.63, 3.8) is 0 Å². The third kappa shape index (κ3) is 3.48. The van der Waals surface area contributed by atoms with Crippen LogP contribution in [-0.2, 0) is 10.2 Å². The number of hydrogen-bond donors (Lipinski definition) is 3. The fraction of sp³-hybridized carbons (Fsp3) is 0.429. The average Bonchev–Trinajstić information content (AvgIpc) is 2.83. The van der Waals surface area contributed by atoms with E-state index in [1.165, 1.54) is 23.1 Å². The first-order valence-electron chi connectivity index (χ1n) is 12.4. The van der Waals surface area contributed by atoms with Crippen molar-refractivity contribution in [1.82, 2.24) is 21.0 Å². The van der Waals surface area contributed by atoms with E-state index in [1.807, 2.05) is 0 Å². The van der Waals surface area contributed by atoms with Gasteiger partial charge in [-0.3, -0.25) is 25.2 Å². The molecule has 7 heteroatoms. The van der Waals surface area contributed by atoms with Gasteiger partial charge in [-0.15, -0.1) is 0 Å². The Bertz CT molecular complexity index is 1410. The molecule has 0 aliphatic heterocycles. The molecule has 2 atom stereocenters. The first kappa shape index (κ1) is 22.0. The highest BCUT2D eigenvalue weighted by atomic mass is 16.2. The van der Waals surface area contributed by atoms with Crippen LogP contribution in [0.1, 0.15) is 65.7 Å². The Morgan fingerprint density at radius 2 is 1.66 bits per heavy atom. The minimum Gasteiger partial charge on any atom is -0.273 e. The molecule has 7 nitrogen and oxygen atoms in total. The fourth-order valence-corrected chi connectivity index (χ4v) is 7.53. The highest BCUT2D eigenvalue weighted by Gasteiger charge is 2.61. The standard InChI is InChI=1S/C28H30N4O3/c1-16-7-8-20(9-17(16)2)27-11-18-10-19(12-27)14-28(13-18,15-27)26(35)32-31-25(34)23-21-5-3-4-6-22(21)24(33)30-29-23/h3-9,18-19H,10-15H2,1-2H3,(H,30,33)(H,31,34)(H,32,35). The van der Waals surface area contributed by atoms with Crippen LogP contribution in [0.5, 0.6) is 0 Å². The lowest BCUT2D eigenvalue weighted by Gasteiger charge is -2.61. The molecule has 180 valence electrons. The number of aromatic nitrogens is 2. The molecular weight excluding hydrogens is 440 g/mol. The maximum atomic E-state index is 13.6. The van der Waals surface area contributed by atoms with Gasteiger partial charge in [-0.25, -0.2) is 5.10 Å². The Hall–Kier alpha value is -3.48. The van der Waals surface area contributed by atoms with E-state index in [2.05, 4.69) is 53.1 Å². The molecule has 0 saturated heterocycles. The van der Waals surface area contributed by atoms with E-state index in [0.29, 0.717) is 22.6 Å². The van der Waals surface area contributed by atoms with Crippen molar-refractivity contribution < 1.29 is 9.59 Å². The normalized spacial score (nSPS) is 28.7. The van der Waals surface area contributed by atoms with Crippen LogP contribution >= 0.6 is 0 Å². The summed E-state index contributed by atoms with van der Waals surface area (Å²) in [5.74, 6) is 0.412. The lowest BCUT2D eigenvalue weighted by molar-refractivity contribution is -0.149. The van der Waals surface area contributed by atoms with Crippen molar-refractivity contribution in [3.8, 4) is 0 Å². The highest BCUT2D eigenvalue weighted by molar-refractivity contribution is 6.05. The second-order valence-corrected chi connectivity index (χ2v) is 11.2. The van der Waals surface area contributed by atoms with Crippen LogP contribution in [0, 0.1) is 31.1 Å². The van der Waals surface area contributed by atoms with Crippen LogP contribution in [0.2, 0.25) is 0 Å². The first-order valence-corrected chi connectivity index (χ1v) is 12.4. The van der Waals surface area contributed by atoms with Crippen LogP contribution in [0.15, 0.2) is 47.3 Å². The summed E-state index contributed by atoms with van der Waals surface area (Å²) in [6.45, 7) is 4.29. The molecule has 4 aliphatic rings. The average molecular weight is 471 g/mol. The molecule has 4 bridgehead atoms. The summed E-state index contributed by atoms with van der Waals surface area (Å²) in [4.78, 5) is 38.6. The second-order valence-electron chi connectivity index (χ2n) is 11.2. The summed E-state index contributed by atoms with van der Waals surface area (Å²) in [6, 6.07) is 13.6. The zero-order valence-electron chi connectivity index (χ0n) is 20.1. The number of amides is 2. The first-order chi connectivity index (χ1) is 16.8. The third-order valence-corrected chi connectivity index (χ3v) is 8.86. The molecule has 3 N–H and O–H groups in total. The van der Waals surface area contributed by atoms with Crippen LogP contribution in [0.25, 0.3) is 10.8 Å². The van der Waals surface area contributed by atoms with E-state index in [1.54, 1.807) is 24.3 Å². The number of nitrogens with one attached hydrogen (secondary N) is 3. The molecule has 4 aliphatic carbocycles. The lowest BCUT2D eigenvalue weighted by atomic mass is 9.42. The van der Waals surface area contributed by atoms with Gasteiger partial charge in [0.25, 0.3) is 11.5 Å². The van der Waals surface area contributed by atoms with Crippen molar-refractivity contribution in [2.75, 3.05) is 0 Å². The zero-order chi connectivity index (χ0) is 24.4. The number of hydrazine groups is 1. The number of carbonyl (C=O) groups excluding carboxylic acids is 2. The summed E-state index contributed by atoms with van der Waals surface area (Å²) in [6.07, 6.45) is 6.04. The number of nitrogens with zero attached hydrogens (tertiary/aromatic N) is 1. The van der Waals surface area contributed by atoms with Gasteiger partial charge in [0.05, 0.1) is 10.8 Å². The molecule has 7 rings (SSSR count). The summed E-state index contributed by atoms with van der Waals surface area (Å²) in [5.41, 5.74) is 8.54. The predicted molar refractivity (Wildman–Crippen MR) is 133 cm³/mol. The van der Waals surface area contributed by atoms with E-state index < -0.39 is 11.3 Å². The summed E-state index contributed by atoms with van der Waals surface area (Å²) < 4.78 is 0. The molecule has 4 fully saturated rings. The Labute approximate surface area is 203 Å². The van der Waals surface area contributed by atoms with Gasteiger partial charge in [-0.1, -0.05) is 36.4 Å². The minimum atomic E-state index is -0.542. The van der Waals surface area contributed by atoms with Crippen LogP contribution < -0.4 is 16.4 Å². The van der Waals surface area contributed by atoms with Crippen LogP contribution in [0.3, 0.4) is 0 Å². The Balaban J connectivity index is 1.25. The number of fused-ring (bicyclic) bond motifs is 1. The number of aromatic amines is 1. The minimum absolute atomic E-state index is 0.0283. The van der Waals surface area contributed by atoms with Crippen LogP contribution in [0.4, 0.5) is 0 Å². The molecule has 4 saturated carbocycles. The largest absolute Gasteiger partial charge is 0.290 e. The van der Waals surface area contributed by atoms with Gasteiger partial charge in [0.1, 0.15) is 0 Å². The third-order valence-electron chi connectivity index (χ3n) is 8.86. The van der Waals surface area contributed by atoms with Gasteiger partial charge in [0.2, 0.25) is 5.91 Å². The van der Waals surface area contributed by atoms with Crippen LogP contribution in [-0.4, -0.2) is 22.0 Å². The van der Waals surface area contributed by atoms with Gasteiger partial charge >= 0.3 is 0 Å². The van der Waals surface area contributed by atoms with Gasteiger partial charge in [0, 0.05) is 5.39 Å². The van der Waals surface area contributed by atoms with Crippen molar-refractivity contribution in [3.05, 3.63) is 75.2 Å². The fourth-order valence-electron chi connectivity index (χ4n) is 7.53. The van der Waals surface area contributed by atoms with E-state index in [4.69, 9.17) is 0 Å². The van der Waals surface area contributed by atoms with E-state index >= 15 is 0 Å². The quantitative estimate of drug-likeness (QED) is 0.506. The molecule has 2 unspecified atom stereocenters. The number of rotatable bonds is 3. The maximum absolute atomic E-state index is 13.6. The number of aryl methyl sites for hydroxylation is 2. The van der Waals surface area contributed by atoms with Gasteiger partial charge in [-0.2, -0.15) is 5.10 Å². The summed E-state index contributed by atoms with van der Waals surface area (Å²) in [5, 5.41) is 7.15. The molecular formula is C28H30N4O3. The Morgan fingerprint density at radius 3 is 2.37 bits per heavy atom. The molecule has 2 aromatic carbocycles. The molecule has 1 aromatic heterocycles. The monoisotopic (exact) mass is 470 g/mol. The predicted octanol–water partition coefficient (Wildman–Crippen LogP) is 3.84. The summed E-state index contributed by atoms with van der Waals surface area (Å²) >= 11 is 0. The topological polar surface area (TPSA) is 104 Å². The molecule has 0 spiro atoms. The molecule has 0 radical (unpaired) electrons. The number of hydrogen-bond acceptors (Lipinski definition) is 4. The maximum Gasteiger partial charge on any atom is 0.290 e.